The fourth-order valence-corrected chi connectivity index (χ4v) is 2.10. The van der Waals surface area contributed by atoms with E-state index in [-0.39, 0.29) is 11.7 Å². The molecule has 0 saturated heterocycles. The number of alkyl halides is 3. The van der Waals surface area contributed by atoms with Crippen molar-refractivity contribution in [1.29, 1.82) is 0 Å². The zero-order chi connectivity index (χ0) is 14.2. The Morgan fingerprint density at radius 1 is 1.47 bits per heavy atom. The van der Waals surface area contributed by atoms with Crippen LogP contribution in [0, 0.1) is 16.0 Å². The molecular formula is C12H13F3N2O2. The van der Waals surface area contributed by atoms with Crippen molar-refractivity contribution in [3.05, 3.63) is 33.9 Å². The molecule has 0 heterocycles. The molecule has 0 amide bonds. The maximum atomic E-state index is 12.8. The highest BCUT2D eigenvalue weighted by molar-refractivity contribution is 5.56. The summed E-state index contributed by atoms with van der Waals surface area (Å²) in [4.78, 5) is 9.58. The first kappa shape index (κ1) is 13.6. The van der Waals surface area contributed by atoms with Crippen LogP contribution in [0.3, 0.4) is 0 Å². The number of rotatable bonds is 4. The van der Waals surface area contributed by atoms with Gasteiger partial charge in [-0.1, -0.05) is 13.3 Å². The summed E-state index contributed by atoms with van der Waals surface area (Å²) in [5, 5.41) is 13.6. The molecule has 0 spiro atoms. The van der Waals surface area contributed by atoms with E-state index in [0.29, 0.717) is 5.92 Å². The Balaban J connectivity index is 2.26. The fourth-order valence-electron chi connectivity index (χ4n) is 2.10. The standard InChI is InChI=1S/C12H13F3N2O2/c1-2-7-5-10(7)16-8-3-4-11(17(18)19)9(6-8)12(13,14)15/h3-4,6-7,10,16H,2,5H2,1H3. The van der Waals surface area contributed by atoms with Gasteiger partial charge in [0.05, 0.1) is 4.92 Å². The van der Waals surface area contributed by atoms with Crippen molar-refractivity contribution in [2.75, 3.05) is 5.32 Å². The summed E-state index contributed by atoms with van der Waals surface area (Å²) >= 11 is 0. The minimum Gasteiger partial charge on any atom is -0.382 e. The quantitative estimate of drug-likeness (QED) is 0.670. The maximum absolute atomic E-state index is 12.8. The van der Waals surface area contributed by atoms with E-state index in [1.165, 1.54) is 6.07 Å². The number of benzene rings is 1. The van der Waals surface area contributed by atoms with E-state index in [9.17, 15) is 23.3 Å². The summed E-state index contributed by atoms with van der Waals surface area (Å²) in [5.74, 6) is 0.476. The van der Waals surface area contributed by atoms with Gasteiger partial charge in [0.1, 0.15) is 5.56 Å². The molecule has 0 bridgehead atoms. The maximum Gasteiger partial charge on any atom is 0.423 e. The molecule has 1 fully saturated rings. The zero-order valence-electron chi connectivity index (χ0n) is 10.2. The van der Waals surface area contributed by atoms with Crippen molar-refractivity contribution in [2.45, 2.75) is 32.0 Å². The smallest absolute Gasteiger partial charge is 0.382 e. The Hall–Kier alpha value is -1.79. The highest BCUT2D eigenvalue weighted by Gasteiger charge is 2.39. The third-order valence-electron chi connectivity index (χ3n) is 3.30. The number of nitro benzene ring substituents is 1. The Bertz CT molecular complexity index is 502. The second-order valence-electron chi connectivity index (χ2n) is 4.64. The average Bonchev–Trinajstić information content (AvgIpc) is 3.06. The Labute approximate surface area is 107 Å². The van der Waals surface area contributed by atoms with Gasteiger partial charge in [0, 0.05) is 17.8 Å². The van der Waals surface area contributed by atoms with Crippen LogP contribution in [0.5, 0.6) is 0 Å². The van der Waals surface area contributed by atoms with Crippen LogP contribution >= 0.6 is 0 Å². The molecule has 1 saturated carbocycles. The second kappa shape index (κ2) is 4.71. The predicted molar refractivity (Wildman–Crippen MR) is 63.9 cm³/mol. The van der Waals surface area contributed by atoms with Crippen molar-refractivity contribution < 1.29 is 18.1 Å². The van der Waals surface area contributed by atoms with E-state index in [2.05, 4.69) is 5.32 Å². The van der Waals surface area contributed by atoms with Crippen LogP contribution in [-0.4, -0.2) is 11.0 Å². The number of halogens is 3. The minimum absolute atomic E-state index is 0.174. The average molecular weight is 274 g/mol. The van der Waals surface area contributed by atoms with Gasteiger partial charge in [0.25, 0.3) is 5.69 Å². The molecule has 1 aromatic carbocycles. The zero-order valence-corrected chi connectivity index (χ0v) is 10.2. The van der Waals surface area contributed by atoms with Crippen LogP contribution < -0.4 is 5.32 Å². The molecule has 2 atom stereocenters. The van der Waals surface area contributed by atoms with Crippen LogP contribution in [0.4, 0.5) is 24.5 Å². The van der Waals surface area contributed by atoms with Gasteiger partial charge in [-0.2, -0.15) is 13.2 Å². The lowest BCUT2D eigenvalue weighted by atomic mass is 10.1. The lowest BCUT2D eigenvalue weighted by Crippen LogP contribution is -2.11. The fraction of sp³-hybridized carbons (Fsp3) is 0.500. The largest absolute Gasteiger partial charge is 0.423 e. The molecule has 1 aliphatic carbocycles. The first-order valence-electron chi connectivity index (χ1n) is 5.95. The van der Waals surface area contributed by atoms with Gasteiger partial charge in [-0.05, 0) is 24.5 Å². The topological polar surface area (TPSA) is 55.2 Å². The molecule has 2 unspecified atom stereocenters. The molecule has 0 radical (unpaired) electrons. The number of nitrogens with zero attached hydrogens (tertiary/aromatic N) is 1. The minimum atomic E-state index is -4.73. The molecule has 7 heteroatoms. The molecule has 2 rings (SSSR count). The van der Waals surface area contributed by atoms with E-state index in [1.54, 1.807) is 0 Å². The second-order valence-corrected chi connectivity index (χ2v) is 4.64. The van der Waals surface area contributed by atoms with E-state index >= 15 is 0 Å². The molecular weight excluding hydrogens is 261 g/mol. The van der Waals surface area contributed by atoms with E-state index in [4.69, 9.17) is 0 Å². The number of nitro groups is 1. The number of nitrogens with one attached hydrogen (secondary N) is 1. The summed E-state index contributed by atoms with van der Waals surface area (Å²) in [7, 11) is 0. The van der Waals surface area contributed by atoms with Gasteiger partial charge in [-0.25, -0.2) is 0 Å². The van der Waals surface area contributed by atoms with Crippen LogP contribution in [0.25, 0.3) is 0 Å². The molecule has 19 heavy (non-hydrogen) atoms. The lowest BCUT2D eigenvalue weighted by Gasteiger charge is -2.11. The van der Waals surface area contributed by atoms with Gasteiger partial charge < -0.3 is 5.32 Å². The number of anilines is 1. The highest BCUT2D eigenvalue weighted by atomic mass is 19.4. The summed E-state index contributed by atoms with van der Waals surface area (Å²) in [6.45, 7) is 2.02. The SMILES string of the molecule is CCC1CC1Nc1ccc([N+](=O)[O-])c(C(F)(F)F)c1. The van der Waals surface area contributed by atoms with Crippen LogP contribution in [0.1, 0.15) is 25.3 Å². The summed E-state index contributed by atoms with van der Waals surface area (Å²) in [6.07, 6.45) is -2.83. The Morgan fingerprint density at radius 2 is 2.16 bits per heavy atom. The summed E-state index contributed by atoms with van der Waals surface area (Å²) < 4.78 is 38.3. The van der Waals surface area contributed by atoms with Crippen molar-refractivity contribution in [3.8, 4) is 0 Å². The Morgan fingerprint density at radius 3 is 2.63 bits per heavy atom. The summed E-state index contributed by atoms with van der Waals surface area (Å²) in [5.41, 5.74) is -1.85. The van der Waals surface area contributed by atoms with Gasteiger partial charge in [0.2, 0.25) is 0 Å². The number of hydrogen-bond acceptors (Lipinski definition) is 3. The monoisotopic (exact) mass is 274 g/mol. The molecule has 1 aliphatic rings. The molecule has 1 N–H and O–H groups in total. The van der Waals surface area contributed by atoms with Crippen molar-refractivity contribution in [1.82, 2.24) is 0 Å². The molecule has 1 aromatic rings. The van der Waals surface area contributed by atoms with Gasteiger partial charge in [0.15, 0.2) is 0 Å². The van der Waals surface area contributed by atoms with E-state index < -0.39 is 22.4 Å². The number of hydrogen-bond donors (Lipinski definition) is 1. The third kappa shape index (κ3) is 2.97. The van der Waals surface area contributed by atoms with E-state index in [1.807, 2.05) is 6.92 Å². The van der Waals surface area contributed by atoms with Crippen molar-refractivity contribution in [3.63, 3.8) is 0 Å². The van der Waals surface area contributed by atoms with Gasteiger partial charge in [-0.15, -0.1) is 0 Å². The molecule has 0 aromatic heterocycles. The lowest BCUT2D eigenvalue weighted by molar-refractivity contribution is -0.388. The van der Waals surface area contributed by atoms with E-state index in [0.717, 1.165) is 25.0 Å². The first-order valence-corrected chi connectivity index (χ1v) is 5.95. The normalized spacial score (nSPS) is 22.1. The highest BCUT2D eigenvalue weighted by Crippen LogP contribution is 2.40. The Kier molecular flexibility index (Phi) is 3.38. The third-order valence-corrected chi connectivity index (χ3v) is 3.30. The molecule has 0 aliphatic heterocycles. The predicted octanol–water partition coefficient (Wildman–Crippen LogP) is 3.82. The van der Waals surface area contributed by atoms with Crippen LogP contribution in [0.2, 0.25) is 0 Å². The van der Waals surface area contributed by atoms with Crippen molar-refractivity contribution >= 4 is 11.4 Å². The first-order chi connectivity index (χ1) is 8.82. The van der Waals surface area contributed by atoms with Crippen LogP contribution in [0.15, 0.2) is 18.2 Å². The molecule has 104 valence electrons. The molecule has 4 nitrogen and oxygen atoms in total. The van der Waals surface area contributed by atoms with Crippen molar-refractivity contribution in [2.24, 2.45) is 5.92 Å². The summed E-state index contributed by atoms with van der Waals surface area (Å²) in [6, 6.07) is 3.20. The van der Waals surface area contributed by atoms with Gasteiger partial charge in [-0.3, -0.25) is 10.1 Å². The van der Waals surface area contributed by atoms with Crippen LogP contribution in [-0.2, 0) is 6.18 Å². The van der Waals surface area contributed by atoms with Gasteiger partial charge >= 0.3 is 6.18 Å².